The number of carbonyl (C=O) groups is 1. The molecule has 7 heteroatoms. The molecule has 2 amide bonds. The number of hydrogen-bond acceptors (Lipinski definition) is 4. The number of likely N-dealkylation sites (tertiary alicyclic amines) is 1. The molecule has 27 heavy (non-hydrogen) atoms. The maximum Gasteiger partial charge on any atom is 0.318 e. The molecule has 2 heterocycles. The maximum absolute atomic E-state index is 12.9. The molecule has 144 valence electrons. The molecule has 0 spiro atoms. The number of hydrogen-bond donors (Lipinski definition) is 1. The lowest BCUT2D eigenvalue weighted by atomic mass is 9.95. The van der Waals surface area contributed by atoms with Crippen molar-refractivity contribution in [1.29, 1.82) is 0 Å². The van der Waals surface area contributed by atoms with Crippen molar-refractivity contribution in [2.45, 2.75) is 63.5 Å². The van der Waals surface area contributed by atoms with Crippen LogP contribution in [0.5, 0.6) is 0 Å². The first-order valence-electron chi connectivity index (χ1n) is 9.87. The van der Waals surface area contributed by atoms with Crippen LogP contribution in [0, 0.1) is 0 Å². The molecule has 1 saturated carbocycles. The van der Waals surface area contributed by atoms with E-state index in [9.17, 15) is 4.79 Å². The van der Waals surface area contributed by atoms with E-state index >= 15 is 0 Å². The minimum absolute atomic E-state index is 0.00546. The second-order valence-electron chi connectivity index (χ2n) is 7.46. The molecule has 1 N–H and O–H groups in total. The minimum atomic E-state index is -0.164. The highest BCUT2D eigenvalue weighted by Crippen LogP contribution is 2.32. The van der Waals surface area contributed by atoms with Gasteiger partial charge in [-0.15, -0.1) is 0 Å². The summed E-state index contributed by atoms with van der Waals surface area (Å²) in [6.45, 7) is 0.720. The summed E-state index contributed by atoms with van der Waals surface area (Å²) in [7, 11) is 0. The Morgan fingerprint density at radius 3 is 2.78 bits per heavy atom. The van der Waals surface area contributed by atoms with E-state index in [1.165, 1.54) is 19.3 Å². The van der Waals surface area contributed by atoms with Gasteiger partial charge in [0.15, 0.2) is 0 Å². The minimum Gasteiger partial charge on any atom is -0.337 e. The smallest absolute Gasteiger partial charge is 0.318 e. The second kappa shape index (κ2) is 8.30. The Balaban J connectivity index is 1.49. The lowest BCUT2D eigenvalue weighted by molar-refractivity contribution is 0.127. The lowest BCUT2D eigenvalue weighted by Gasteiger charge is -2.35. The zero-order valence-electron chi connectivity index (χ0n) is 15.4. The molecule has 1 aliphatic heterocycles. The highest BCUT2D eigenvalue weighted by Gasteiger charge is 2.33. The van der Waals surface area contributed by atoms with Crippen LogP contribution < -0.4 is 5.32 Å². The summed E-state index contributed by atoms with van der Waals surface area (Å²) >= 11 is 6.06. The van der Waals surface area contributed by atoms with Crippen LogP contribution in [0.1, 0.15) is 63.3 Å². The molecule has 0 bridgehead atoms. The van der Waals surface area contributed by atoms with E-state index < -0.39 is 0 Å². The van der Waals surface area contributed by atoms with Crippen LogP contribution in [0.2, 0.25) is 5.02 Å². The predicted octanol–water partition coefficient (Wildman–Crippen LogP) is 4.96. The van der Waals surface area contributed by atoms with Crippen LogP contribution in [-0.4, -0.2) is 33.7 Å². The van der Waals surface area contributed by atoms with Crippen molar-refractivity contribution in [3.63, 3.8) is 0 Å². The molecule has 1 aromatic carbocycles. The summed E-state index contributed by atoms with van der Waals surface area (Å²) in [6.07, 6.45) is 8.70. The summed E-state index contributed by atoms with van der Waals surface area (Å²) < 4.78 is 5.54. The quantitative estimate of drug-likeness (QED) is 0.806. The number of halogens is 1. The predicted molar refractivity (Wildman–Crippen MR) is 103 cm³/mol. The topological polar surface area (TPSA) is 71.3 Å². The van der Waals surface area contributed by atoms with E-state index in [4.69, 9.17) is 16.1 Å². The van der Waals surface area contributed by atoms with Crippen LogP contribution in [-0.2, 0) is 0 Å². The molecule has 1 aliphatic carbocycles. The van der Waals surface area contributed by atoms with Crippen molar-refractivity contribution in [2.75, 3.05) is 6.54 Å². The van der Waals surface area contributed by atoms with Crippen molar-refractivity contribution in [3.05, 3.63) is 35.2 Å². The molecule has 4 rings (SSSR count). The normalized spacial score (nSPS) is 21.2. The van der Waals surface area contributed by atoms with Crippen LogP contribution in [0.15, 0.2) is 28.8 Å². The van der Waals surface area contributed by atoms with Crippen molar-refractivity contribution < 1.29 is 9.32 Å². The van der Waals surface area contributed by atoms with Gasteiger partial charge < -0.3 is 14.7 Å². The van der Waals surface area contributed by atoms with Gasteiger partial charge in [0.1, 0.15) is 6.04 Å². The molecule has 2 fully saturated rings. The maximum atomic E-state index is 12.9. The third kappa shape index (κ3) is 4.26. The van der Waals surface area contributed by atoms with E-state index in [1.807, 2.05) is 29.2 Å². The summed E-state index contributed by atoms with van der Waals surface area (Å²) in [5.74, 6) is 1.01. The molecular weight excluding hydrogens is 364 g/mol. The monoisotopic (exact) mass is 388 g/mol. The first kappa shape index (κ1) is 18.3. The van der Waals surface area contributed by atoms with Crippen LogP contribution in [0.25, 0.3) is 11.4 Å². The lowest BCUT2D eigenvalue weighted by Crippen LogP contribution is -2.48. The van der Waals surface area contributed by atoms with Crippen molar-refractivity contribution in [2.24, 2.45) is 0 Å². The van der Waals surface area contributed by atoms with Crippen molar-refractivity contribution in [1.82, 2.24) is 20.4 Å². The van der Waals surface area contributed by atoms with E-state index in [1.54, 1.807) is 0 Å². The second-order valence-corrected chi connectivity index (χ2v) is 7.89. The van der Waals surface area contributed by atoms with Crippen molar-refractivity contribution >= 4 is 17.6 Å². The van der Waals surface area contributed by atoms with E-state index in [0.717, 1.165) is 44.2 Å². The van der Waals surface area contributed by atoms with Gasteiger partial charge in [-0.2, -0.15) is 4.98 Å². The number of benzene rings is 1. The Bertz CT molecular complexity index is 788. The Labute approximate surface area is 164 Å². The fourth-order valence-corrected chi connectivity index (χ4v) is 4.24. The summed E-state index contributed by atoms with van der Waals surface area (Å²) in [5.41, 5.74) is 0.812. The van der Waals surface area contributed by atoms with Gasteiger partial charge in [0.25, 0.3) is 0 Å². The van der Waals surface area contributed by atoms with Gasteiger partial charge in [-0.1, -0.05) is 48.2 Å². The molecule has 2 aliphatic rings. The molecule has 1 atom stereocenters. The number of carbonyl (C=O) groups excluding carboxylic acids is 1. The molecule has 0 unspecified atom stereocenters. The van der Waals surface area contributed by atoms with Crippen LogP contribution in [0.4, 0.5) is 4.79 Å². The van der Waals surface area contributed by atoms with Gasteiger partial charge >= 0.3 is 6.03 Å². The van der Waals surface area contributed by atoms with Gasteiger partial charge in [0.05, 0.1) is 0 Å². The average molecular weight is 389 g/mol. The van der Waals surface area contributed by atoms with Gasteiger partial charge in [-0.05, 0) is 44.2 Å². The summed E-state index contributed by atoms with van der Waals surface area (Å²) in [5, 5.41) is 7.95. The Morgan fingerprint density at radius 2 is 1.96 bits per heavy atom. The van der Waals surface area contributed by atoms with E-state index in [-0.39, 0.29) is 12.1 Å². The van der Waals surface area contributed by atoms with Crippen molar-refractivity contribution in [3.8, 4) is 11.4 Å². The average Bonchev–Trinajstić information content (AvgIpc) is 3.19. The highest BCUT2D eigenvalue weighted by atomic mass is 35.5. The third-order valence-electron chi connectivity index (χ3n) is 5.51. The summed E-state index contributed by atoms with van der Waals surface area (Å²) in [6, 6.07) is 7.50. The van der Waals surface area contributed by atoms with Gasteiger partial charge in [-0.3, -0.25) is 0 Å². The number of nitrogens with zero attached hydrogens (tertiary/aromatic N) is 3. The zero-order valence-corrected chi connectivity index (χ0v) is 16.1. The number of rotatable bonds is 3. The number of piperidine rings is 1. The number of aromatic nitrogens is 2. The van der Waals surface area contributed by atoms with Gasteiger partial charge in [0, 0.05) is 23.2 Å². The van der Waals surface area contributed by atoms with Gasteiger partial charge in [-0.25, -0.2) is 4.79 Å². The number of amides is 2. The fourth-order valence-electron chi connectivity index (χ4n) is 4.05. The SMILES string of the molecule is O=C(NC1CCCCC1)N1CCCC[C@H]1c1nc(-c2cccc(Cl)c2)no1. The summed E-state index contributed by atoms with van der Waals surface area (Å²) in [4.78, 5) is 19.3. The molecule has 1 saturated heterocycles. The molecular formula is C20H25ClN4O2. The Morgan fingerprint density at radius 1 is 1.15 bits per heavy atom. The Hall–Kier alpha value is -2.08. The molecule has 1 aromatic heterocycles. The van der Waals surface area contributed by atoms with Crippen LogP contribution >= 0.6 is 11.6 Å². The fraction of sp³-hybridized carbons (Fsp3) is 0.550. The largest absolute Gasteiger partial charge is 0.337 e. The van der Waals surface area contributed by atoms with Gasteiger partial charge in [0.2, 0.25) is 11.7 Å². The van der Waals surface area contributed by atoms with E-state index in [2.05, 4.69) is 15.5 Å². The number of urea groups is 1. The molecule has 2 aromatic rings. The first-order valence-corrected chi connectivity index (χ1v) is 10.3. The highest BCUT2D eigenvalue weighted by molar-refractivity contribution is 6.30. The molecule has 0 radical (unpaired) electrons. The Kier molecular flexibility index (Phi) is 5.62. The van der Waals surface area contributed by atoms with E-state index in [0.29, 0.717) is 22.8 Å². The number of nitrogens with one attached hydrogen (secondary N) is 1. The van der Waals surface area contributed by atoms with Crippen LogP contribution in [0.3, 0.4) is 0 Å². The zero-order chi connectivity index (χ0) is 18.6. The molecule has 6 nitrogen and oxygen atoms in total. The third-order valence-corrected chi connectivity index (χ3v) is 5.74. The first-order chi connectivity index (χ1) is 13.2. The standard InChI is InChI=1S/C20H25ClN4O2/c21-15-8-6-7-14(13-15)18-23-19(27-24-18)17-11-4-5-12-25(17)20(26)22-16-9-2-1-3-10-16/h6-8,13,16-17H,1-5,9-12H2,(H,22,26)/t17-/m0/s1.